The molecule has 150 valence electrons. The zero-order valence-electron chi connectivity index (χ0n) is 16.6. The lowest BCUT2D eigenvalue weighted by atomic mass is 9.95. The third kappa shape index (κ3) is 4.12. The molecule has 0 amide bonds. The van der Waals surface area contributed by atoms with Crippen molar-refractivity contribution in [2.45, 2.75) is 63.6 Å². The van der Waals surface area contributed by atoms with Gasteiger partial charge in [-0.3, -0.25) is 9.80 Å². The molecule has 0 N–H and O–H groups in total. The molecule has 6 heteroatoms. The van der Waals surface area contributed by atoms with Crippen LogP contribution in [0, 0.1) is 0 Å². The molecule has 2 aromatic rings. The monoisotopic (exact) mass is 399 g/mol. The highest BCUT2D eigenvalue weighted by Gasteiger charge is 2.34. The van der Waals surface area contributed by atoms with Gasteiger partial charge < -0.3 is 4.57 Å². The van der Waals surface area contributed by atoms with Crippen molar-refractivity contribution < 1.29 is 0 Å². The second-order valence-corrected chi connectivity index (χ2v) is 9.18. The molecule has 3 fully saturated rings. The maximum atomic E-state index is 6.14. The van der Waals surface area contributed by atoms with Gasteiger partial charge >= 0.3 is 0 Å². The molecule has 0 unspecified atom stereocenters. The Bertz CT molecular complexity index is 801. The minimum atomic E-state index is 0.552. The Hall–Kier alpha value is -1.43. The lowest BCUT2D eigenvalue weighted by molar-refractivity contribution is 0.199. The van der Waals surface area contributed by atoms with Crippen molar-refractivity contribution in [3.8, 4) is 0 Å². The molecule has 0 atom stereocenters. The minimum absolute atomic E-state index is 0.552. The molecular formula is C22H30ClN5. The summed E-state index contributed by atoms with van der Waals surface area (Å²) in [7, 11) is 0. The second-order valence-electron chi connectivity index (χ2n) is 8.74. The first-order chi connectivity index (χ1) is 13.8. The number of rotatable bonds is 6. The zero-order valence-corrected chi connectivity index (χ0v) is 17.3. The van der Waals surface area contributed by atoms with Gasteiger partial charge in [-0.25, -0.2) is 0 Å². The van der Waals surface area contributed by atoms with Crippen LogP contribution in [-0.2, 0) is 13.1 Å². The van der Waals surface area contributed by atoms with Crippen LogP contribution in [0.25, 0.3) is 0 Å². The summed E-state index contributed by atoms with van der Waals surface area (Å²) in [5.74, 6) is 3.02. The molecule has 1 aliphatic carbocycles. The first kappa shape index (κ1) is 18.6. The van der Waals surface area contributed by atoms with E-state index in [-0.39, 0.29) is 0 Å². The van der Waals surface area contributed by atoms with Crippen molar-refractivity contribution in [3.05, 3.63) is 46.5 Å². The molecule has 5 nitrogen and oxygen atoms in total. The number of nitrogens with zero attached hydrogens (tertiary/aromatic N) is 5. The van der Waals surface area contributed by atoms with Crippen LogP contribution in [0.3, 0.4) is 0 Å². The number of benzene rings is 1. The molecule has 3 heterocycles. The molecule has 28 heavy (non-hydrogen) atoms. The number of halogens is 1. The summed E-state index contributed by atoms with van der Waals surface area (Å²) in [5.41, 5.74) is 1.31. The predicted molar refractivity (Wildman–Crippen MR) is 112 cm³/mol. The van der Waals surface area contributed by atoms with E-state index < -0.39 is 0 Å². The van der Waals surface area contributed by atoms with Crippen molar-refractivity contribution in [3.63, 3.8) is 0 Å². The molecule has 2 aliphatic heterocycles. The first-order valence-electron chi connectivity index (χ1n) is 10.9. The molecular weight excluding hydrogens is 370 g/mol. The Morgan fingerprint density at radius 2 is 1.64 bits per heavy atom. The summed E-state index contributed by atoms with van der Waals surface area (Å²) >= 11 is 6.14. The summed E-state index contributed by atoms with van der Waals surface area (Å²) in [6.45, 7) is 6.65. The SMILES string of the molecule is Clc1cccc(CN2CCC(c3nnc(CN4CCCC4)n3C3CC3)CC2)c1. The fraction of sp³-hybridized carbons (Fsp3) is 0.636. The van der Waals surface area contributed by atoms with Gasteiger partial charge in [0, 0.05) is 23.5 Å². The average molecular weight is 400 g/mol. The summed E-state index contributed by atoms with van der Waals surface area (Å²) in [5, 5.41) is 10.2. The van der Waals surface area contributed by atoms with E-state index in [4.69, 9.17) is 16.7 Å². The van der Waals surface area contributed by atoms with E-state index in [2.05, 4.69) is 31.6 Å². The summed E-state index contributed by atoms with van der Waals surface area (Å²) < 4.78 is 2.52. The van der Waals surface area contributed by atoms with E-state index in [0.717, 1.165) is 31.2 Å². The highest BCUT2D eigenvalue weighted by molar-refractivity contribution is 6.30. The van der Waals surface area contributed by atoms with Crippen molar-refractivity contribution in [2.24, 2.45) is 0 Å². The zero-order chi connectivity index (χ0) is 18.9. The topological polar surface area (TPSA) is 37.2 Å². The Morgan fingerprint density at radius 1 is 0.893 bits per heavy atom. The second kappa shape index (κ2) is 8.13. The molecule has 1 aromatic carbocycles. The summed E-state index contributed by atoms with van der Waals surface area (Å²) in [4.78, 5) is 5.09. The van der Waals surface area contributed by atoms with Gasteiger partial charge in [0.15, 0.2) is 0 Å². The first-order valence-corrected chi connectivity index (χ1v) is 11.3. The molecule has 0 spiro atoms. The molecule has 0 bridgehead atoms. The fourth-order valence-corrected chi connectivity index (χ4v) is 5.05. The van der Waals surface area contributed by atoms with Crippen LogP contribution in [0.2, 0.25) is 5.02 Å². The van der Waals surface area contributed by atoms with Crippen molar-refractivity contribution in [1.29, 1.82) is 0 Å². The van der Waals surface area contributed by atoms with Crippen LogP contribution >= 0.6 is 11.6 Å². The van der Waals surface area contributed by atoms with Gasteiger partial charge in [0.1, 0.15) is 11.6 Å². The van der Waals surface area contributed by atoms with Crippen molar-refractivity contribution in [1.82, 2.24) is 24.6 Å². The lowest BCUT2D eigenvalue weighted by Crippen LogP contribution is -2.33. The quantitative estimate of drug-likeness (QED) is 0.728. The number of piperidine rings is 1. The molecule has 0 radical (unpaired) electrons. The van der Waals surface area contributed by atoms with E-state index in [9.17, 15) is 0 Å². The van der Waals surface area contributed by atoms with Gasteiger partial charge in [0.05, 0.1) is 6.54 Å². The third-order valence-corrected chi connectivity index (χ3v) is 6.75. The smallest absolute Gasteiger partial charge is 0.147 e. The molecule has 3 aliphatic rings. The van der Waals surface area contributed by atoms with Crippen LogP contribution < -0.4 is 0 Å². The van der Waals surface area contributed by atoms with Crippen molar-refractivity contribution >= 4 is 11.6 Å². The molecule has 5 rings (SSSR count). The Labute approximate surface area is 172 Å². The number of likely N-dealkylation sites (tertiary alicyclic amines) is 2. The van der Waals surface area contributed by atoms with Gasteiger partial charge in [-0.15, -0.1) is 10.2 Å². The van der Waals surface area contributed by atoms with Crippen molar-refractivity contribution in [2.75, 3.05) is 26.2 Å². The van der Waals surface area contributed by atoms with E-state index in [1.165, 1.54) is 68.8 Å². The highest BCUT2D eigenvalue weighted by atomic mass is 35.5. The fourth-order valence-electron chi connectivity index (χ4n) is 4.84. The van der Waals surface area contributed by atoms with Crippen LogP contribution in [0.15, 0.2) is 24.3 Å². The average Bonchev–Trinajstić information content (AvgIpc) is 3.24. The number of hydrogen-bond donors (Lipinski definition) is 0. The van der Waals surface area contributed by atoms with Gasteiger partial charge in [-0.2, -0.15) is 0 Å². The largest absolute Gasteiger partial charge is 0.311 e. The maximum absolute atomic E-state index is 6.14. The van der Waals surface area contributed by atoms with Gasteiger partial charge in [-0.05, 0) is 82.4 Å². The Kier molecular flexibility index (Phi) is 5.40. The van der Waals surface area contributed by atoms with Gasteiger partial charge in [-0.1, -0.05) is 23.7 Å². The summed E-state index contributed by atoms with van der Waals surface area (Å²) in [6, 6.07) is 8.91. The van der Waals surface area contributed by atoms with Crippen LogP contribution in [0.1, 0.15) is 67.7 Å². The van der Waals surface area contributed by atoms with Gasteiger partial charge in [0.25, 0.3) is 0 Å². The van der Waals surface area contributed by atoms with Crippen LogP contribution in [-0.4, -0.2) is 50.7 Å². The van der Waals surface area contributed by atoms with Gasteiger partial charge in [0.2, 0.25) is 0 Å². The summed E-state index contributed by atoms with van der Waals surface area (Å²) in [6.07, 6.45) is 7.60. The van der Waals surface area contributed by atoms with E-state index >= 15 is 0 Å². The van der Waals surface area contributed by atoms with Crippen LogP contribution in [0.5, 0.6) is 0 Å². The van der Waals surface area contributed by atoms with E-state index in [1.807, 2.05) is 12.1 Å². The molecule has 1 aromatic heterocycles. The number of aromatic nitrogens is 3. The highest BCUT2D eigenvalue weighted by Crippen LogP contribution is 2.40. The minimum Gasteiger partial charge on any atom is -0.311 e. The molecule has 1 saturated carbocycles. The number of hydrogen-bond acceptors (Lipinski definition) is 4. The maximum Gasteiger partial charge on any atom is 0.147 e. The Balaban J connectivity index is 1.24. The van der Waals surface area contributed by atoms with E-state index in [0.29, 0.717) is 12.0 Å². The van der Waals surface area contributed by atoms with E-state index in [1.54, 1.807) is 0 Å². The third-order valence-electron chi connectivity index (χ3n) is 6.52. The standard InChI is InChI=1S/C22H30ClN5/c23-19-5-3-4-17(14-19)15-27-12-8-18(9-13-27)22-25-24-21(28(22)20-6-7-20)16-26-10-1-2-11-26/h3-5,14,18,20H,1-2,6-13,15-16H2. The molecule has 2 saturated heterocycles. The normalized spacial score (nSPS) is 22.2. The predicted octanol–water partition coefficient (Wildman–Crippen LogP) is 4.24. The Morgan fingerprint density at radius 3 is 2.36 bits per heavy atom. The lowest BCUT2D eigenvalue weighted by Gasteiger charge is -2.32. The van der Waals surface area contributed by atoms with Crippen LogP contribution in [0.4, 0.5) is 0 Å².